The third-order valence-electron chi connectivity index (χ3n) is 1.57. The molecule has 6 heteroatoms. The zero-order chi connectivity index (χ0) is 10.8. The van der Waals surface area contributed by atoms with E-state index in [1.165, 1.54) is 23.5 Å². The third-order valence-corrected chi connectivity index (χ3v) is 3.29. The van der Waals surface area contributed by atoms with Gasteiger partial charge in [-0.25, -0.2) is 4.39 Å². The van der Waals surface area contributed by atoms with Crippen LogP contribution in [0.1, 0.15) is 0 Å². The Morgan fingerprint density at radius 1 is 1.47 bits per heavy atom. The van der Waals surface area contributed by atoms with Crippen molar-refractivity contribution in [1.29, 1.82) is 0 Å². The molecule has 0 bridgehead atoms. The van der Waals surface area contributed by atoms with E-state index in [2.05, 4.69) is 20.9 Å². The van der Waals surface area contributed by atoms with E-state index in [4.69, 9.17) is 16.3 Å². The maximum atomic E-state index is 13.4. The van der Waals surface area contributed by atoms with Gasteiger partial charge in [0.25, 0.3) is 5.19 Å². The zero-order valence-corrected chi connectivity index (χ0v) is 10.4. The van der Waals surface area contributed by atoms with Gasteiger partial charge in [-0.15, -0.1) is 0 Å². The largest absolute Gasteiger partial charge is 0.428 e. The second kappa shape index (κ2) is 4.47. The van der Waals surface area contributed by atoms with Gasteiger partial charge in [0.1, 0.15) is 4.60 Å². The fourth-order valence-corrected chi connectivity index (χ4v) is 2.21. The first-order valence-corrected chi connectivity index (χ1v) is 5.95. The molecule has 0 unspecified atom stereocenters. The van der Waals surface area contributed by atoms with Crippen LogP contribution in [0.25, 0.3) is 0 Å². The first-order valence-electron chi connectivity index (χ1n) is 3.89. The van der Waals surface area contributed by atoms with E-state index in [0.29, 0.717) is 9.80 Å². The van der Waals surface area contributed by atoms with Crippen LogP contribution in [0, 0.1) is 5.82 Å². The summed E-state index contributed by atoms with van der Waals surface area (Å²) in [5.74, 6) is -0.505. The molecule has 0 aliphatic heterocycles. The molecule has 0 saturated carbocycles. The van der Waals surface area contributed by atoms with Gasteiger partial charge in [0.15, 0.2) is 11.6 Å². The first kappa shape index (κ1) is 10.9. The summed E-state index contributed by atoms with van der Waals surface area (Å²) in [7, 11) is 0. The molecule has 15 heavy (non-hydrogen) atoms. The number of ether oxygens (including phenoxy) is 1. The summed E-state index contributed by atoms with van der Waals surface area (Å²) >= 11 is 10.1. The number of benzene rings is 1. The molecule has 2 aromatic rings. The van der Waals surface area contributed by atoms with Crippen molar-refractivity contribution in [3.63, 3.8) is 0 Å². The highest BCUT2D eigenvalue weighted by Crippen LogP contribution is 2.31. The fraction of sp³-hybridized carbons (Fsp3) is 0. The highest BCUT2D eigenvalue weighted by Gasteiger charge is 2.10. The molecule has 0 aliphatic rings. The molecule has 0 amide bonds. The number of rotatable bonds is 2. The highest BCUT2D eigenvalue weighted by molar-refractivity contribution is 9.10. The Hall–Kier alpha value is -0.650. The molecule has 1 aromatic heterocycles. The lowest BCUT2D eigenvalue weighted by molar-refractivity contribution is 0.439. The lowest BCUT2D eigenvalue weighted by atomic mass is 10.3. The molecule has 0 aliphatic carbocycles. The van der Waals surface area contributed by atoms with Crippen LogP contribution in [-0.4, -0.2) is 4.98 Å². The van der Waals surface area contributed by atoms with Gasteiger partial charge >= 0.3 is 0 Å². The average Bonchev–Trinajstić information content (AvgIpc) is 2.59. The van der Waals surface area contributed by atoms with E-state index < -0.39 is 5.82 Å². The molecule has 0 N–H and O–H groups in total. The molecule has 2 nitrogen and oxygen atoms in total. The molecular formula is C9H4BrClFNOS. The maximum Gasteiger partial charge on any atom is 0.279 e. The van der Waals surface area contributed by atoms with E-state index in [1.807, 2.05) is 0 Å². The van der Waals surface area contributed by atoms with Crippen molar-refractivity contribution >= 4 is 38.9 Å². The number of hydrogen-bond acceptors (Lipinski definition) is 3. The fourth-order valence-electron chi connectivity index (χ4n) is 0.943. The van der Waals surface area contributed by atoms with Crippen LogP contribution in [0.4, 0.5) is 4.39 Å². The number of thiazole rings is 1. The van der Waals surface area contributed by atoms with Gasteiger partial charge in [-0.1, -0.05) is 29.0 Å². The Kier molecular flexibility index (Phi) is 3.23. The summed E-state index contributed by atoms with van der Waals surface area (Å²) in [6.45, 7) is 0. The number of halogens is 3. The van der Waals surface area contributed by atoms with E-state index in [0.717, 1.165) is 0 Å². The first-order chi connectivity index (χ1) is 7.16. The smallest absolute Gasteiger partial charge is 0.279 e. The van der Waals surface area contributed by atoms with E-state index in [-0.39, 0.29) is 10.8 Å². The van der Waals surface area contributed by atoms with Crippen molar-refractivity contribution in [1.82, 2.24) is 4.98 Å². The molecule has 0 atom stereocenters. The standard InChI is InChI=1S/C9H4BrClFNOS/c10-7-4-15-9(13-7)14-6-3-1-2-5(11)8(6)12/h1-4H. The summed E-state index contributed by atoms with van der Waals surface area (Å²) in [6.07, 6.45) is 0. The van der Waals surface area contributed by atoms with Crippen molar-refractivity contribution in [3.05, 3.63) is 39.0 Å². The van der Waals surface area contributed by atoms with Gasteiger partial charge < -0.3 is 4.74 Å². The molecule has 1 heterocycles. The lowest BCUT2D eigenvalue weighted by Gasteiger charge is -2.03. The number of nitrogens with zero attached hydrogens (tertiary/aromatic N) is 1. The van der Waals surface area contributed by atoms with Crippen LogP contribution in [0.5, 0.6) is 10.9 Å². The molecular weight excluding hydrogens is 305 g/mol. The monoisotopic (exact) mass is 307 g/mol. The Bertz CT molecular complexity index is 491. The van der Waals surface area contributed by atoms with Gasteiger partial charge in [0.05, 0.1) is 5.02 Å². The van der Waals surface area contributed by atoms with Gasteiger partial charge in [0.2, 0.25) is 0 Å². The lowest BCUT2D eigenvalue weighted by Crippen LogP contribution is -1.88. The molecule has 0 fully saturated rings. The van der Waals surface area contributed by atoms with E-state index in [1.54, 1.807) is 11.4 Å². The van der Waals surface area contributed by atoms with Gasteiger partial charge in [-0.05, 0) is 28.1 Å². The minimum absolute atomic E-state index is 0.0307. The summed E-state index contributed by atoms with van der Waals surface area (Å²) in [5, 5.41) is 2.14. The van der Waals surface area contributed by atoms with Crippen LogP contribution in [0.15, 0.2) is 28.2 Å². The normalized spacial score (nSPS) is 10.3. The number of hydrogen-bond donors (Lipinski definition) is 0. The minimum atomic E-state index is -0.578. The predicted molar refractivity (Wildman–Crippen MR) is 61.3 cm³/mol. The summed E-state index contributed by atoms with van der Waals surface area (Å²) in [4.78, 5) is 3.98. The molecule has 0 radical (unpaired) electrons. The zero-order valence-electron chi connectivity index (χ0n) is 7.21. The average molecular weight is 309 g/mol. The van der Waals surface area contributed by atoms with Gasteiger partial charge in [0, 0.05) is 5.38 Å². The van der Waals surface area contributed by atoms with Crippen LogP contribution < -0.4 is 4.74 Å². The molecule has 78 valence electrons. The highest BCUT2D eigenvalue weighted by atomic mass is 79.9. The molecule has 2 rings (SSSR count). The summed E-state index contributed by atoms with van der Waals surface area (Å²) in [5.41, 5.74) is 0. The van der Waals surface area contributed by atoms with E-state index >= 15 is 0 Å². The summed E-state index contributed by atoms with van der Waals surface area (Å²) in [6, 6.07) is 4.57. The van der Waals surface area contributed by atoms with Crippen LogP contribution >= 0.6 is 38.9 Å². The second-order valence-corrected chi connectivity index (χ2v) is 4.63. The van der Waals surface area contributed by atoms with Crippen LogP contribution in [-0.2, 0) is 0 Å². The molecule has 0 saturated heterocycles. The van der Waals surface area contributed by atoms with Crippen molar-refractivity contribution in [2.75, 3.05) is 0 Å². The van der Waals surface area contributed by atoms with Crippen LogP contribution in [0.3, 0.4) is 0 Å². The Labute approximate surface area is 103 Å². The quantitative estimate of drug-likeness (QED) is 0.815. The molecule has 0 spiro atoms. The Morgan fingerprint density at radius 2 is 2.27 bits per heavy atom. The Balaban J connectivity index is 2.28. The van der Waals surface area contributed by atoms with Gasteiger partial charge in [-0.2, -0.15) is 4.98 Å². The second-order valence-electron chi connectivity index (χ2n) is 2.59. The third kappa shape index (κ3) is 2.48. The molecule has 1 aromatic carbocycles. The predicted octanol–water partition coefficient (Wildman–Crippen LogP) is 4.49. The van der Waals surface area contributed by atoms with Crippen molar-refractivity contribution < 1.29 is 9.13 Å². The maximum absolute atomic E-state index is 13.4. The van der Waals surface area contributed by atoms with E-state index in [9.17, 15) is 4.39 Å². The van der Waals surface area contributed by atoms with Crippen LogP contribution in [0.2, 0.25) is 5.02 Å². The minimum Gasteiger partial charge on any atom is -0.428 e. The topological polar surface area (TPSA) is 22.1 Å². The van der Waals surface area contributed by atoms with Crippen molar-refractivity contribution in [2.24, 2.45) is 0 Å². The Morgan fingerprint density at radius 3 is 2.93 bits per heavy atom. The van der Waals surface area contributed by atoms with Crippen molar-refractivity contribution in [3.8, 4) is 10.9 Å². The van der Waals surface area contributed by atoms with Crippen molar-refractivity contribution in [2.45, 2.75) is 0 Å². The SMILES string of the molecule is Fc1c(Cl)cccc1Oc1nc(Br)cs1. The van der Waals surface area contributed by atoms with Gasteiger partial charge in [-0.3, -0.25) is 0 Å². The summed E-state index contributed by atoms with van der Waals surface area (Å²) < 4.78 is 19.3. The number of aromatic nitrogens is 1.